The minimum Gasteiger partial charge on any atom is -0.196 e. The van der Waals surface area contributed by atoms with E-state index in [2.05, 4.69) is 0 Å². The summed E-state index contributed by atoms with van der Waals surface area (Å²) in [5.74, 6) is -2.84. The van der Waals surface area contributed by atoms with Crippen LogP contribution in [0.25, 0.3) is 11.1 Å². The van der Waals surface area contributed by atoms with E-state index in [4.69, 9.17) is 0 Å². The highest BCUT2D eigenvalue weighted by molar-refractivity contribution is 5.79. The first-order valence-corrected chi connectivity index (χ1v) is 4.78. The summed E-state index contributed by atoms with van der Waals surface area (Å²) in [6.45, 7) is 0. The molecule has 0 unspecified atom stereocenters. The summed E-state index contributed by atoms with van der Waals surface area (Å²) in [5.41, 5.74) is 1.54. The molecule has 0 radical (unpaired) electrons. The summed E-state index contributed by atoms with van der Waals surface area (Å²) in [7, 11) is 0. The maximum atomic E-state index is 13.9. The lowest BCUT2D eigenvalue weighted by Gasteiger charge is -2.11. The van der Waals surface area contributed by atoms with Crippen LogP contribution in [0.3, 0.4) is 0 Å². The summed E-state index contributed by atoms with van der Waals surface area (Å²) in [6, 6.07) is 13.4. The fourth-order valence-corrected chi connectivity index (χ4v) is 2.13. The fourth-order valence-electron chi connectivity index (χ4n) is 2.13. The van der Waals surface area contributed by atoms with E-state index in [9.17, 15) is 8.78 Å². The number of rotatable bonds is 0. The summed E-state index contributed by atoms with van der Waals surface area (Å²) < 4.78 is 27.9. The molecule has 0 saturated heterocycles. The first-order chi connectivity index (χ1) is 7.21. The van der Waals surface area contributed by atoms with Crippen LogP contribution in [0.5, 0.6) is 0 Å². The molecule has 0 aliphatic heterocycles. The molecule has 0 N–H and O–H groups in total. The van der Waals surface area contributed by atoms with Crippen LogP contribution in [0.15, 0.2) is 48.5 Å². The van der Waals surface area contributed by atoms with Crippen molar-refractivity contribution in [3.8, 4) is 11.1 Å². The maximum absolute atomic E-state index is 13.9. The van der Waals surface area contributed by atoms with E-state index in [0.717, 1.165) is 0 Å². The van der Waals surface area contributed by atoms with Crippen LogP contribution in [0.2, 0.25) is 0 Å². The summed E-state index contributed by atoms with van der Waals surface area (Å²) in [4.78, 5) is 0. The van der Waals surface area contributed by atoms with Crippen molar-refractivity contribution in [3.63, 3.8) is 0 Å². The van der Waals surface area contributed by atoms with Gasteiger partial charge in [0.2, 0.25) is 0 Å². The number of benzene rings is 2. The highest BCUT2D eigenvalue weighted by atomic mass is 19.3. The Morgan fingerprint density at radius 3 is 1.53 bits per heavy atom. The summed E-state index contributed by atoms with van der Waals surface area (Å²) in [6.07, 6.45) is 0. The van der Waals surface area contributed by atoms with Crippen LogP contribution in [-0.4, -0.2) is 0 Å². The highest BCUT2D eigenvalue weighted by Crippen LogP contribution is 2.50. The lowest BCUT2D eigenvalue weighted by molar-refractivity contribution is 0.0480. The molecular formula is C13H8F2. The second-order valence-corrected chi connectivity index (χ2v) is 3.67. The average Bonchev–Trinajstić information content (AvgIpc) is 2.51. The van der Waals surface area contributed by atoms with Crippen LogP contribution in [0.1, 0.15) is 11.1 Å². The molecule has 0 saturated carbocycles. The Bertz CT molecular complexity index is 482. The van der Waals surface area contributed by atoms with Gasteiger partial charge in [0, 0.05) is 11.1 Å². The molecule has 0 atom stereocenters. The largest absolute Gasteiger partial charge is 0.299 e. The number of hydrogen-bond acceptors (Lipinski definition) is 0. The lowest BCUT2D eigenvalue weighted by atomic mass is 10.1. The molecule has 2 aromatic carbocycles. The van der Waals surface area contributed by atoms with Crippen molar-refractivity contribution >= 4 is 0 Å². The number of fused-ring (bicyclic) bond motifs is 3. The molecule has 0 spiro atoms. The van der Waals surface area contributed by atoms with E-state index in [0.29, 0.717) is 11.1 Å². The standard InChI is InChI=1S/C13H8F2/c14-13(15)11-7-3-1-5-9(11)10-6-2-4-8-12(10)13/h1-8H. The fraction of sp³-hybridized carbons (Fsp3) is 0.0769. The summed E-state index contributed by atoms with van der Waals surface area (Å²) >= 11 is 0. The molecule has 0 fully saturated rings. The molecule has 0 aromatic heterocycles. The Hall–Kier alpha value is -1.70. The third-order valence-corrected chi connectivity index (χ3v) is 2.82. The summed E-state index contributed by atoms with van der Waals surface area (Å²) in [5, 5.41) is 0. The SMILES string of the molecule is FC1(F)c2ccccc2-c2ccccc21. The number of alkyl halides is 2. The first-order valence-electron chi connectivity index (χ1n) is 4.78. The van der Waals surface area contributed by atoms with E-state index < -0.39 is 5.92 Å². The molecule has 0 nitrogen and oxygen atoms in total. The zero-order valence-electron chi connectivity index (χ0n) is 7.87. The van der Waals surface area contributed by atoms with Gasteiger partial charge in [-0.3, -0.25) is 0 Å². The van der Waals surface area contributed by atoms with Crippen LogP contribution < -0.4 is 0 Å². The van der Waals surface area contributed by atoms with Crippen molar-refractivity contribution in [1.82, 2.24) is 0 Å². The van der Waals surface area contributed by atoms with Gasteiger partial charge in [-0.25, -0.2) is 0 Å². The van der Waals surface area contributed by atoms with Gasteiger partial charge in [-0.15, -0.1) is 0 Å². The Balaban J connectivity index is 2.42. The predicted octanol–water partition coefficient (Wildman–Crippen LogP) is 3.81. The molecule has 74 valence electrons. The number of hydrogen-bond donors (Lipinski definition) is 0. The van der Waals surface area contributed by atoms with Crippen molar-refractivity contribution < 1.29 is 8.78 Å². The maximum Gasteiger partial charge on any atom is 0.299 e. The van der Waals surface area contributed by atoms with E-state index in [-0.39, 0.29) is 11.1 Å². The van der Waals surface area contributed by atoms with Crippen molar-refractivity contribution in [2.45, 2.75) is 5.92 Å². The van der Waals surface area contributed by atoms with Gasteiger partial charge in [0.1, 0.15) is 0 Å². The van der Waals surface area contributed by atoms with Crippen LogP contribution in [0, 0.1) is 0 Å². The van der Waals surface area contributed by atoms with Gasteiger partial charge in [-0.05, 0) is 11.1 Å². The molecule has 2 aromatic rings. The van der Waals surface area contributed by atoms with E-state index in [1.165, 1.54) is 12.1 Å². The molecule has 1 aliphatic carbocycles. The molecule has 0 bridgehead atoms. The van der Waals surface area contributed by atoms with Gasteiger partial charge in [-0.1, -0.05) is 48.5 Å². The van der Waals surface area contributed by atoms with Gasteiger partial charge in [0.25, 0.3) is 5.92 Å². The molecule has 15 heavy (non-hydrogen) atoms. The zero-order valence-corrected chi connectivity index (χ0v) is 7.87. The Morgan fingerprint density at radius 1 is 0.667 bits per heavy atom. The zero-order chi connectivity index (χ0) is 10.5. The lowest BCUT2D eigenvalue weighted by Crippen LogP contribution is -2.10. The topological polar surface area (TPSA) is 0 Å². The predicted molar refractivity (Wildman–Crippen MR) is 54.9 cm³/mol. The number of halogens is 2. The molecular weight excluding hydrogens is 194 g/mol. The minimum atomic E-state index is -2.84. The van der Waals surface area contributed by atoms with Crippen molar-refractivity contribution in [2.75, 3.05) is 0 Å². The van der Waals surface area contributed by atoms with Crippen LogP contribution in [0.4, 0.5) is 8.78 Å². The smallest absolute Gasteiger partial charge is 0.196 e. The molecule has 0 amide bonds. The van der Waals surface area contributed by atoms with Gasteiger partial charge in [0.15, 0.2) is 0 Å². The minimum absolute atomic E-state index is 0.117. The van der Waals surface area contributed by atoms with Gasteiger partial charge < -0.3 is 0 Å². The first kappa shape index (κ1) is 8.60. The van der Waals surface area contributed by atoms with Crippen molar-refractivity contribution in [3.05, 3.63) is 59.7 Å². The average molecular weight is 202 g/mol. The molecule has 0 heterocycles. The van der Waals surface area contributed by atoms with Crippen molar-refractivity contribution in [2.24, 2.45) is 0 Å². The van der Waals surface area contributed by atoms with Gasteiger partial charge in [0.05, 0.1) is 0 Å². The third kappa shape index (κ3) is 0.990. The van der Waals surface area contributed by atoms with E-state index >= 15 is 0 Å². The molecule has 2 heteroatoms. The normalized spacial score (nSPS) is 15.9. The van der Waals surface area contributed by atoms with Gasteiger partial charge in [-0.2, -0.15) is 8.78 Å². The highest BCUT2D eigenvalue weighted by Gasteiger charge is 2.43. The molecule has 1 aliphatic rings. The van der Waals surface area contributed by atoms with Crippen molar-refractivity contribution in [1.29, 1.82) is 0 Å². The Kier molecular flexibility index (Phi) is 1.52. The van der Waals surface area contributed by atoms with E-state index in [1.807, 2.05) is 0 Å². The second-order valence-electron chi connectivity index (χ2n) is 3.67. The second kappa shape index (κ2) is 2.66. The molecule has 3 rings (SSSR count). The third-order valence-electron chi connectivity index (χ3n) is 2.82. The van der Waals surface area contributed by atoms with Gasteiger partial charge >= 0.3 is 0 Å². The van der Waals surface area contributed by atoms with E-state index in [1.54, 1.807) is 36.4 Å². The monoisotopic (exact) mass is 202 g/mol. The van der Waals surface area contributed by atoms with Crippen LogP contribution >= 0.6 is 0 Å². The Morgan fingerprint density at radius 2 is 1.07 bits per heavy atom. The van der Waals surface area contributed by atoms with Crippen LogP contribution in [-0.2, 0) is 5.92 Å². The Labute approximate surface area is 86.2 Å². The quantitative estimate of drug-likeness (QED) is 0.609.